The highest BCUT2D eigenvalue weighted by Gasteiger charge is 2.12. The van der Waals surface area contributed by atoms with Crippen LogP contribution in [0.5, 0.6) is 5.75 Å². The van der Waals surface area contributed by atoms with Crippen molar-refractivity contribution in [3.63, 3.8) is 0 Å². The van der Waals surface area contributed by atoms with Crippen LogP contribution in [-0.2, 0) is 11.3 Å². The Morgan fingerprint density at radius 2 is 1.93 bits per heavy atom. The highest BCUT2D eigenvalue weighted by atomic mass is 35.5. The molecule has 2 aromatic carbocycles. The summed E-state index contributed by atoms with van der Waals surface area (Å²) in [5, 5.41) is 12.2. The number of aromatic nitrogens is 3. The summed E-state index contributed by atoms with van der Waals surface area (Å²) in [7, 11) is 1.59. The first-order chi connectivity index (χ1) is 14.5. The zero-order chi connectivity index (χ0) is 21.5. The van der Waals surface area contributed by atoms with Crippen LogP contribution in [0.1, 0.15) is 22.6 Å². The average Bonchev–Trinajstić information content (AvgIpc) is 3.21. The minimum absolute atomic E-state index is 0.00920. The molecular formula is C20H19ClFN5O3. The molecule has 0 aliphatic carbocycles. The van der Waals surface area contributed by atoms with Crippen LogP contribution < -0.4 is 15.4 Å². The first kappa shape index (κ1) is 21.3. The summed E-state index contributed by atoms with van der Waals surface area (Å²) in [5.74, 6) is 0.450. The van der Waals surface area contributed by atoms with Crippen LogP contribution in [0.4, 0.5) is 4.39 Å². The smallest absolute Gasteiger partial charge is 0.252 e. The Bertz CT molecular complexity index is 1040. The number of benzene rings is 2. The largest absolute Gasteiger partial charge is 0.497 e. The standard InChI is InChI=1S/C20H19ClFN5O3/c1-30-14-5-2-12(3-6-14)19-25-17(26-27-19)11-24-18(28)8-9-23-20(29)15-7-4-13(22)10-16(15)21/h2-7,10H,8-9,11H2,1H3,(H,23,29)(H,24,28)(H,25,26,27). The molecule has 30 heavy (non-hydrogen) atoms. The average molecular weight is 432 g/mol. The summed E-state index contributed by atoms with van der Waals surface area (Å²) in [6.45, 7) is 0.269. The van der Waals surface area contributed by atoms with E-state index in [-0.39, 0.29) is 36.0 Å². The Labute approximate surface area is 176 Å². The number of hydrogen-bond donors (Lipinski definition) is 3. The molecule has 156 valence electrons. The van der Waals surface area contributed by atoms with E-state index in [1.807, 2.05) is 12.1 Å². The van der Waals surface area contributed by atoms with Crippen molar-refractivity contribution in [3.8, 4) is 17.1 Å². The van der Waals surface area contributed by atoms with E-state index < -0.39 is 11.7 Å². The van der Waals surface area contributed by atoms with E-state index in [2.05, 4.69) is 25.8 Å². The van der Waals surface area contributed by atoms with Crippen molar-refractivity contribution in [1.29, 1.82) is 0 Å². The normalized spacial score (nSPS) is 10.5. The second kappa shape index (κ2) is 9.84. The van der Waals surface area contributed by atoms with E-state index in [9.17, 15) is 14.0 Å². The molecule has 3 N–H and O–H groups in total. The number of nitrogens with one attached hydrogen (secondary N) is 3. The Morgan fingerprint density at radius 1 is 1.17 bits per heavy atom. The predicted molar refractivity (Wildman–Crippen MR) is 109 cm³/mol. The summed E-state index contributed by atoms with van der Waals surface area (Å²) in [5.41, 5.74) is 0.956. The Morgan fingerprint density at radius 3 is 2.63 bits per heavy atom. The van der Waals surface area contributed by atoms with Gasteiger partial charge in [0.2, 0.25) is 5.91 Å². The monoisotopic (exact) mass is 431 g/mol. The number of carbonyl (C=O) groups is 2. The van der Waals surface area contributed by atoms with Gasteiger partial charge in [0, 0.05) is 18.5 Å². The van der Waals surface area contributed by atoms with Crippen molar-refractivity contribution in [2.75, 3.05) is 13.7 Å². The molecule has 0 fully saturated rings. The van der Waals surface area contributed by atoms with Gasteiger partial charge in [0.1, 0.15) is 17.4 Å². The van der Waals surface area contributed by atoms with Crippen LogP contribution in [0.25, 0.3) is 11.4 Å². The predicted octanol–water partition coefficient (Wildman–Crippen LogP) is 2.71. The third-order valence-electron chi connectivity index (χ3n) is 4.15. The number of aromatic amines is 1. The number of rotatable bonds is 8. The molecule has 10 heteroatoms. The van der Waals surface area contributed by atoms with Crippen LogP contribution in [0.2, 0.25) is 5.02 Å². The molecule has 0 unspecified atom stereocenters. The maximum Gasteiger partial charge on any atom is 0.252 e. The van der Waals surface area contributed by atoms with Crippen LogP contribution in [0.3, 0.4) is 0 Å². The zero-order valence-corrected chi connectivity index (χ0v) is 16.8. The molecule has 0 atom stereocenters. The van der Waals surface area contributed by atoms with E-state index in [0.29, 0.717) is 11.6 Å². The SMILES string of the molecule is COc1ccc(-c2n[nH]c(CNC(=O)CCNC(=O)c3ccc(F)cc3Cl)n2)cc1. The summed E-state index contributed by atoms with van der Waals surface area (Å²) in [6, 6.07) is 10.8. The van der Waals surface area contributed by atoms with Gasteiger partial charge in [-0.3, -0.25) is 14.7 Å². The molecule has 0 spiro atoms. The summed E-state index contributed by atoms with van der Waals surface area (Å²) in [4.78, 5) is 28.3. The lowest BCUT2D eigenvalue weighted by atomic mass is 10.2. The highest BCUT2D eigenvalue weighted by Crippen LogP contribution is 2.19. The zero-order valence-electron chi connectivity index (χ0n) is 16.0. The fourth-order valence-corrected chi connectivity index (χ4v) is 2.83. The second-order valence-corrected chi connectivity index (χ2v) is 6.65. The van der Waals surface area contributed by atoms with Gasteiger partial charge >= 0.3 is 0 Å². The molecule has 3 aromatic rings. The Kier molecular flexibility index (Phi) is 6.97. The maximum absolute atomic E-state index is 13.0. The first-order valence-corrected chi connectivity index (χ1v) is 9.39. The van der Waals surface area contributed by atoms with Gasteiger partial charge in [-0.1, -0.05) is 11.6 Å². The van der Waals surface area contributed by atoms with Crippen molar-refractivity contribution in [2.45, 2.75) is 13.0 Å². The van der Waals surface area contributed by atoms with Gasteiger partial charge < -0.3 is 15.4 Å². The van der Waals surface area contributed by atoms with E-state index in [0.717, 1.165) is 23.4 Å². The van der Waals surface area contributed by atoms with Crippen LogP contribution in [-0.4, -0.2) is 40.7 Å². The number of hydrogen-bond acceptors (Lipinski definition) is 5. The highest BCUT2D eigenvalue weighted by molar-refractivity contribution is 6.33. The van der Waals surface area contributed by atoms with Gasteiger partial charge in [-0.15, -0.1) is 0 Å². The lowest BCUT2D eigenvalue weighted by molar-refractivity contribution is -0.121. The van der Waals surface area contributed by atoms with Gasteiger partial charge in [-0.25, -0.2) is 9.37 Å². The van der Waals surface area contributed by atoms with Gasteiger partial charge in [-0.2, -0.15) is 5.10 Å². The van der Waals surface area contributed by atoms with E-state index in [1.54, 1.807) is 19.2 Å². The molecule has 0 bridgehead atoms. The van der Waals surface area contributed by atoms with E-state index >= 15 is 0 Å². The molecule has 3 rings (SSSR count). The maximum atomic E-state index is 13.0. The van der Waals surface area contributed by atoms with E-state index in [4.69, 9.17) is 16.3 Å². The second-order valence-electron chi connectivity index (χ2n) is 6.24. The lowest BCUT2D eigenvalue weighted by Gasteiger charge is -2.07. The molecule has 1 aromatic heterocycles. The van der Waals surface area contributed by atoms with Crippen molar-refractivity contribution in [1.82, 2.24) is 25.8 Å². The van der Waals surface area contributed by atoms with Crippen LogP contribution >= 0.6 is 11.6 Å². The van der Waals surface area contributed by atoms with Gasteiger partial charge in [0.25, 0.3) is 5.91 Å². The molecule has 1 heterocycles. The summed E-state index contributed by atoms with van der Waals surface area (Å²) < 4.78 is 18.1. The number of H-pyrrole nitrogens is 1. The van der Waals surface area contributed by atoms with Gasteiger partial charge in [0.15, 0.2) is 5.82 Å². The van der Waals surface area contributed by atoms with E-state index in [1.165, 1.54) is 6.07 Å². The molecule has 0 saturated carbocycles. The fourth-order valence-electron chi connectivity index (χ4n) is 2.57. The quantitative estimate of drug-likeness (QED) is 0.508. The summed E-state index contributed by atoms with van der Waals surface area (Å²) >= 11 is 5.84. The van der Waals surface area contributed by atoms with Crippen LogP contribution in [0.15, 0.2) is 42.5 Å². The van der Waals surface area contributed by atoms with Crippen molar-refractivity contribution < 1.29 is 18.7 Å². The van der Waals surface area contributed by atoms with Gasteiger partial charge in [0.05, 0.1) is 24.2 Å². The molecule has 0 aliphatic heterocycles. The first-order valence-electron chi connectivity index (χ1n) is 9.02. The number of carbonyl (C=O) groups excluding carboxylic acids is 2. The minimum atomic E-state index is -0.529. The molecule has 0 aliphatic rings. The Balaban J connectivity index is 1.43. The van der Waals surface area contributed by atoms with Crippen molar-refractivity contribution >= 4 is 23.4 Å². The van der Waals surface area contributed by atoms with Crippen molar-refractivity contribution in [3.05, 3.63) is 64.7 Å². The third kappa shape index (κ3) is 5.54. The topological polar surface area (TPSA) is 109 Å². The minimum Gasteiger partial charge on any atom is -0.497 e. The number of nitrogens with zero attached hydrogens (tertiary/aromatic N) is 2. The van der Waals surface area contributed by atoms with Crippen molar-refractivity contribution in [2.24, 2.45) is 0 Å². The molecule has 0 saturated heterocycles. The molecule has 0 radical (unpaired) electrons. The van der Waals surface area contributed by atoms with Crippen LogP contribution in [0, 0.1) is 5.82 Å². The molecule has 2 amide bonds. The number of amides is 2. The fraction of sp³-hybridized carbons (Fsp3) is 0.200. The molecule has 8 nitrogen and oxygen atoms in total. The third-order valence-corrected chi connectivity index (χ3v) is 4.46. The van der Waals surface area contributed by atoms with Gasteiger partial charge in [-0.05, 0) is 42.5 Å². The number of halogens is 2. The summed E-state index contributed by atoms with van der Waals surface area (Å²) in [6.07, 6.45) is 0.0596. The number of ether oxygens (including phenoxy) is 1. The Hall–Kier alpha value is -3.46. The number of methoxy groups -OCH3 is 1. The lowest BCUT2D eigenvalue weighted by Crippen LogP contribution is -2.30. The molecular weight excluding hydrogens is 413 g/mol.